The molecule has 6 nitrogen and oxygen atoms in total. The molecule has 1 aromatic carbocycles. The van der Waals surface area contributed by atoms with E-state index in [1.807, 2.05) is 35.0 Å². The lowest BCUT2D eigenvalue weighted by atomic mass is 10.1. The summed E-state index contributed by atoms with van der Waals surface area (Å²) in [4.78, 5) is 4.21. The van der Waals surface area contributed by atoms with E-state index in [-0.39, 0.29) is 6.04 Å². The van der Waals surface area contributed by atoms with Crippen molar-refractivity contribution in [1.82, 2.24) is 13.9 Å². The first-order chi connectivity index (χ1) is 9.99. The van der Waals surface area contributed by atoms with Crippen LogP contribution in [0.3, 0.4) is 0 Å². The van der Waals surface area contributed by atoms with Crippen molar-refractivity contribution in [2.75, 3.05) is 13.4 Å². The average molecular weight is 307 g/mol. The zero-order chi connectivity index (χ0) is 15.0. The molecule has 0 spiro atoms. The zero-order valence-corrected chi connectivity index (χ0v) is 12.7. The normalized spacial score (nSPS) is 19.2. The molecule has 2 aromatic rings. The highest BCUT2D eigenvalue weighted by atomic mass is 32.2. The highest BCUT2D eigenvalue weighted by molar-refractivity contribution is 7.88. The molecule has 0 saturated heterocycles. The lowest BCUT2D eigenvalue weighted by Crippen LogP contribution is -2.40. The summed E-state index contributed by atoms with van der Waals surface area (Å²) in [5.74, 6) is 1.52. The van der Waals surface area contributed by atoms with Crippen molar-refractivity contribution in [3.63, 3.8) is 0 Å². The number of methoxy groups -OCH3 is 1. The molecule has 0 fully saturated rings. The van der Waals surface area contributed by atoms with Crippen molar-refractivity contribution < 1.29 is 13.2 Å². The summed E-state index contributed by atoms with van der Waals surface area (Å²) in [7, 11) is -1.70. The first kappa shape index (κ1) is 14.1. The largest absolute Gasteiger partial charge is 0.497 e. The van der Waals surface area contributed by atoms with Crippen molar-refractivity contribution in [1.29, 1.82) is 0 Å². The molecular formula is C14H17N3O3S. The van der Waals surface area contributed by atoms with Gasteiger partial charge in [0.25, 0.3) is 0 Å². The number of hydrogen-bond acceptors (Lipinski definition) is 4. The summed E-state index contributed by atoms with van der Waals surface area (Å²) in [5.41, 5.74) is 0.945. The summed E-state index contributed by atoms with van der Waals surface area (Å²) in [5, 5.41) is 0. The Morgan fingerprint density at radius 1 is 1.29 bits per heavy atom. The summed E-state index contributed by atoms with van der Waals surface area (Å²) in [6.45, 7) is 0.858. The molecule has 7 heteroatoms. The van der Waals surface area contributed by atoms with Gasteiger partial charge in [0.15, 0.2) is 0 Å². The number of nitrogens with zero attached hydrogens (tertiary/aromatic N) is 3. The number of rotatable bonds is 3. The van der Waals surface area contributed by atoms with Gasteiger partial charge in [-0.05, 0) is 17.7 Å². The molecule has 21 heavy (non-hydrogen) atoms. The Morgan fingerprint density at radius 3 is 2.62 bits per heavy atom. The average Bonchev–Trinajstić information content (AvgIpc) is 2.92. The van der Waals surface area contributed by atoms with Crippen LogP contribution in [-0.4, -0.2) is 35.6 Å². The summed E-state index contributed by atoms with van der Waals surface area (Å²) >= 11 is 0. The van der Waals surface area contributed by atoms with Gasteiger partial charge < -0.3 is 9.30 Å². The van der Waals surface area contributed by atoms with Crippen LogP contribution in [0.5, 0.6) is 5.75 Å². The van der Waals surface area contributed by atoms with Gasteiger partial charge in [0.05, 0.1) is 26.0 Å². The van der Waals surface area contributed by atoms with E-state index in [9.17, 15) is 8.42 Å². The summed E-state index contributed by atoms with van der Waals surface area (Å²) in [6.07, 6.45) is 4.82. The number of ether oxygens (including phenoxy) is 1. The van der Waals surface area contributed by atoms with E-state index < -0.39 is 10.0 Å². The topological polar surface area (TPSA) is 64.4 Å². The third kappa shape index (κ3) is 2.66. The molecular weight excluding hydrogens is 290 g/mol. The second kappa shape index (κ2) is 5.16. The van der Waals surface area contributed by atoms with Gasteiger partial charge in [-0.15, -0.1) is 0 Å². The molecule has 0 amide bonds. The maximum absolute atomic E-state index is 12.1. The lowest BCUT2D eigenvalue weighted by molar-refractivity contribution is 0.245. The predicted octanol–water partition coefficient (Wildman–Crippen LogP) is 1.41. The second-order valence-electron chi connectivity index (χ2n) is 5.09. The monoisotopic (exact) mass is 307 g/mol. The molecule has 1 aromatic heterocycles. The van der Waals surface area contributed by atoms with Gasteiger partial charge in [-0.25, -0.2) is 13.4 Å². The maximum atomic E-state index is 12.1. The van der Waals surface area contributed by atoms with Crippen LogP contribution in [0.1, 0.15) is 17.4 Å². The molecule has 1 aliphatic rings. The minimum atomic E-state index is -3.31. The Kier molecular flexibility index (Phi) is 3.46. The predicted molar refractivity (Wildman–Crippen MR) is 78.3 cm³/mol. The lowest BCUT2D eigenvalue weighted by Gasteiger charge is -2.34. The molecule has 1 atom stereocenters. The van der Waals surface area contributed by atoms with E-state index in [1.54, 1.807) is 13.3 Å². The van der Waals surface area contributed by atoms with Gasteiger partial charge in [-0.1, -0.05) is 12.1 Å². The highest BCUT2D eigenvalue weighted by Gasteiger charge is 2.33. The number of hydrogen-bond donors (Lipinski definition) is 0. The van der Waals surface area contributed by atoms with Crippen molar-refractivity contribution in [3.8, 4) is 5.75 Å². The number of sulfonamides is 1. The number of benzene rings is 1. The molecule has 0 N–H and O–H groups in total. The first-order valence-electron chi connectivity index (χ1n) is 6.60. The van der Waals surface area contributed by atoms with Crippen LogP contribution in [0.25, 0.3) is 0 Å². The molecule has 112 valence electrons. The zero-order valence-electron chi connectivity index (χ0n) is 11.9. The van der Waals surface area contributed by atoms with Crippen LogP contribution >= 0.6 is 0 Å². The van der Waals surface area contributed by atoms with E-state index in [0.717, 1.165) is 17.1 Å². The Bertz CT molecular complexity index is 737. The fraction of sp³-hybridized carbons (Fsp3) is 0.357. The van der Waals surface area contributed by atoms with Crippen LogP contribution in [0, 0.1) is 0 Å². The summed E-state index contributed by atoms with van der Waals surface area (Å²) in [6, 6.07) is 7.28. The molecule has 0 saturated carbocycles. The van der Waals surface area contributed by atoms with Gasteiger partial charge >= 0.3 is 0 Å². The first-order valence-corrected chi connectivity index (χ1v) is 8.44. The minimum Gasteiger partial charge on any atom is -0.497 e. The fourth-order valence-corrected chi connectivity index (χ4v) is 3.63. The summed E-state index contributed by atoms with van der Waals surface area (Å²) < 4.78 is 32.8. The van der Waals surface area contributed by atoms with Gasteiger partial charge in [0, 0.05) is 18.9 Å². The Morgan fingerprint density at radius 2 is 2.00 bits per heavy atom. The number of imidazole rings is 1. The van der Waals surface area contributed by atoms with Gasteiger partial charge in [-0.3, -0.25) is 0 Å². The van der Waals surface area contributed by atoms with E-state index >= 15 is 0 Å². The smallest absolute Gasteiger partial charge is 0.212 e. The molecule has 2 heterocycles. The second-order valence-corrected chi connectivity index (χ2v) is 7.03. The van der Waals surface area contributed by atoms with E-state index in [4.69, 9.17) is 4.74 Å². The SMILES string of the molecule is COc1ccc(C2Cn3ccnc3CN2S(C)(=O)=O)cc1. The van der Waals surface area contributed by atoms with Crippen LogP contribution in [0.4, 0.5) is 0 Å². The Labute approximate surface area is 124 Å². The van der Waals surface area contributed by atoms with Gasteiger partial charge in [-0.2, -0.15) is 4.31 Å². The van der Waals surface area contributed by atoms with Crippen LogP contribution in [-0.2, 0) is 23.1 Å². The molecule has 1 aliphatic heterocycles. The maximum Gasteiger partial charge on any atom is 0.212 e. The third-order valence-electron chi connectivity index (χ3n) is 3.74. The molecule has 0 radical (unpaired) electrons. The Hall–Kier alpha value is -1.86. The van der Waals surface area contributed by atoms with Crippen molar-refractivity contribution >= 4 is 10.0 Å². The third-order valence-corrected chi connectivity index (χ3v) is 4.98. The van der Waals surface area contributed by atoms with E-state index in [0.29, 0.717) is 13.1 Å². The van der Waals surface area contributed by atoms with Crippen molar-refractivity contribution in [2.24, 2.45) is 0 Å². The van der Waals surface area contributed by atoms with Crippen LogP contribution < -0.4 is 4.74 Å². The van der Waals surface area contributed by atoms with Gasteiger partial charge in [0.1, 0.15) is 11.6 Å². The van der Waals surface area contributed by atoms with Crippen molar-refractivity contribution in [3.05, 3.63) is 48.0 Å². The molecule has 3 rings (SSSR count). The Balaban J connectivity index is 2.01. The minimum absolute atomic E-state index is 0.229. The molecule has 0 aliphatic carbocycles. The number of aromatic nitrogens is 2. The number of fused-ring (bicyclic) bond motifs is 1. The molecule has 0 bridgehead atoms. The van der Waals surface area contributed by atoms with Gasteiger partial charge in [0.2, 0.25) is 10.0 Å². The fourth-order valence-electron chi connectivity index (χ4n) is 2.63. The van der Waals surface area contributed by atoms with Crippen LogP contribution in [0.15, 0.2) is 36.7 Å². The molecule has 1 unspecified atom stereocenters. The quantitative estimate of drug-likeness (QED) is 0.860. The van der Waals surface area contributed by atoms with E-state index in [1.165, 1.54) is 10.6 Å². The highest BCUT2D eigenvalue weighted by Crippen LogP contribution is 2.31. The van der Waals surface area contributed by atoms with Crippen LogP contribution in [0.2, 0.25) is 0 Å². The van der Waals surface area contributed by atoms with E-state index in [2.05, 4.69) is 4.98 Å². The standard InChI is InChI=1S/C14H17N3O3S/c1-20-12-5-3-11(4-6-12)13-9-16-8-7-15-14(16)10-17(13)21(2,18)19/h3-8,13H,9-10H2,1-2H3. The van der Waals surface area contributed by atoms with Crippen molar-refractivity contribution in [2.45, 2.75) is 19.1 Å².